The molecule has 1 saturated carbocycles. The van der Waals surface area contributed by atoms with E-state index in [2.05, 4.69) is 30.7 Å². The van der Waals surface area contributed by atoms with Gasteiger partial charge in [0.2, 0.25) is 5.95 Å². The molecule has 0 aliphatic heterocycles. The van der Waals surface area contributed by atoms with Crippen LogP contribution < -0.4 is 5.32 Å². The van der Waals surface area contributed by atoms with Gasteiger partial charge in [-0.2, -0.15) is 10.1 Å². The Morgan fingerprint density at radius 2 is 1.92 bits per heavy atom. The molecule has 1 aliphatic carbocycles. The summed E-state index contributed by atoms with van der Waals surface area (Å²) in [7, 11) is 0. The minimum absolute atomic E-state index is 0.277. The third kappa shape index (κ3) is 3.66. The van der Waals surface area contributed by atoms with Gasteiger partial charge in [-0.05, 0) is 5.92 Å². The van der Waals surface area contributed by atoms with Crippen molar-refractivity contribution < 1.29 is 4.79 Å². The summed E-state index contributed by atoms with van der Waals surface area (Å²) < 4.78 is 0. The van der Waals surface area contributed by atoms with E-state index in [-0.39, 0.29) is 5.91 Å². The van der Waals surface area contributed by atoms with Gasteiger partial charge in [0.05, 0.1) is 17.5 Å². The van der Waals surface area contributed by atoms with Crippen molar-refractivity contribution in [2.45, 2.75) is 38.5 Å². The minimum Gasteiger partial charge on any atom is -0.289 e. The van der Waals surface area contributed by atoms with Gasteiger partial charge in [-0.3, -0.25) is 20.3 Å². The molecule has 3 N–H and O–H groups in total. The first-order valence-corrected chi connectivity index (χ1v) is 9.11. The van der Waals surface area contributed by atoms with Gasteiger partial charge in [0, 0.05) is 12.0 Å². The highest BCUT2D eigenvalue weighted by atomic mass is 16.1. The molecule has 7 nitrogen and oxygen atoms in total. The molecule has 1 aromatic carbocycles. The van der Waals surface area contributed by atoms with Gasteiger partial charge in [-0.25, -0.2) is 0 Å². The monoisotopic (exact) mass is 350 g/mol. The second kappa shape index (κ2) is 7.51. The molecule has 2 aromatic heterocycles. The summed E-state index contributed by atoms with van der Waals surface area (Å²) in [5.41, 5.74) is 2.05. The van der Waals surface area contributed by atoms with Gasteiger partial charge >= 0.3 is 0 Å². The van der Waals surface area contributed by atoms with Crippen LogP contribution in [0.2, 0.25) is 0 Å². The quantitative estimate of drug-likeness (QED) is 0.655. The number of aromatic amines is 2. The van der Waals surface area contributed by atoms with Gasteiger partial charge in [-0.15, -0.1) is 5.10 Å². The number of nitrogens with zero attached hydrogens (tertiary/aromatic N) is 3. The van der Waals surface area contributed by atoms with Crippen LogP contribution in [0, 0.1) is 5.92 Å². The number of aromatic nitrogens is 5. The molecule has 0 bridgehead atoms. The number of rotatable bonds is 5. The average Bonchev–Trinajstić information content (AvgIpc) is 3.33. The number of hydrogen-bond donors (Lipinski definition) is 3. The fourth-order valence-corrected chi connectivity index (χ4v) is 3.56. The van der Waals surface area contributed by atoms with E-state index in [1.807, 2.05) is 30.3 Å². The second-order valence-electron chi connectivity index (χ2n) is 6.79. The molecule has 0 saturated heterocycles. The maximum absolute atomic E-state index is 12.6. The zero-order valence-corrected chi connectivity index (χ0v) is 14.5. The first-order valence-electron chi connectivity index (χ1n) is 9.11. The van der Waals surface area contributed by atoms with Gasteiger partial charge in [-0.1, -0.05) is 62.4 Å². The molecule has 0 radical (unpaired) electrons. The van der Waals surface area contributed by atoms with Crippen LogP contribution in [0.1, 0.15) is 48.3 Å². The number of H-pyrrole nitrogens is 2. The van der Waals surface area contributed by atoms with E-state index >= 15 is 0 Å². The van der Waals surface area contributed by atoms with Gasteiger partial charge in [0.25, 0.3) is 5.91 Å². The Hall–Kier alpha value is -2.96. The molecule has 3 aromatic rings. The second-order valence-corrected chi connectivity index (χ2v) is 6.79. The first kappa shape index (κ1) is 16.5. The predicted octanol–water partition coefficient (Wildman–Crippen LogP) is 3.57. The number of amides is 1. The summed E-state index contributed by atoms with van der Waals surface area (Å²) in [5.74, 6) is 1.53. The van der Waals surface area contributed by atoms with E-state index < -0.39 is 0 Å². The van der Waals surface area contributed by atoms with E-state index in [4.69, 9.17) is 0 Å². The summed E-state index contributed by atoms with van der Waals surface area (Å²) in [4.78, 5) is 17.0. The lowest BCUT2D eigenvalue weighted by molar-refractivity contribution is 0.102. The molecule has 1 aliphatic rings. The number of carbonyl (C=O) groups excluding carboxylic acids is 1. The molecule has 0 atom stereocenters. The van der Waals surface area contributed by atoms with Crippen molar-refractivity contribution in [3.05, 3.63) is 47.9 Å². The van der Waals surface area contributed by atoms with Crippen LogP contribution in [0.5, 0.6) is 0 Å². The fraction of sp³-hybridized carbons (Fsp3) is 0.368. The number of hydrogen-bond acceptors (Lipinski definition) is 4. The van der Waals surface area contributed by atoms with Crippen LogP contribution in [0.25, 0.3) is 11.3 Å². The standard InChI is InChI=1S/C19H22N6O/c26-18(15-12-20-24-17(15)14-9-5-2-6-10-14)22-19-21-16(23-25-19)11-13-7-3-1-4-8-13/h2,5-6,9-10,12-13H,1,3-4,7-8,11H2,(H,20,24)(H2,21,22,23,25,26). The molecule has 1 amide bonds. The lowest BCUT2D eigenvalue weighted by atomic mass is 9.87. The summed E-state index contributed by atoms with van der Waals surface area (Å²) in [6, 6.07) is 9.63. The largest absolute Gasteiger partial charge is 0.289 e. The predicted molar refractivity (Wildman–Crippen MR) is 98.6 cm³/mol. The molecular formula is C19H22N6O. The Morgan fingerprint density at radius 1 is 1.12 bits per heavy atom. The molecule has 4 rings (SSSR count). The Labute approximate surface area is 151 Å². The van der Waals surface area contributed by atoms with Crippen molar-refractivity contribution >= 4 is 11.9 Å². The number of nitrogens with one attached hydrogen (secondary N) is 3. The highest BCUT2D eigenvalue weighted by Crippen LogP contribution is 2.26. The van der Waals surface area contributed by atoms with E-state index in [1.54, 1.807) is 0 Å². The van der Waals surface area contributed by atoms with Gasteiger partial charge in [0.1, 0.15) is 5.82 Å². The van der Waals surface area contributed by atoms with E-state index in [0.29, 0.717) is 23.1 Å². The number of benzene rings is 1. The molecule has 2 heterocycles. The molecule has 0 spiro atoms. The normalized spacial score (nSPS) is 15.1. The number of anilines is 1. The van der Waals surface area contributed by atoms with E-state index in [9.17, 15) is 4.79 Å². The van der Waals surface area contributed by atoms with Crippen LogP contribution in [-0.4, -0.2) is 31.3 Å². The molecule has 1 fully saturated rings. The molecule has 7 heteroatoms. The minimum atomic E-state index is -0.277. The van der Waals surface area contributed by atoms with Crippen LogP contribution in [0.4, 0.5) is 5.95 Å². The smallest absolute Gasteiger partial charge is 0.261 e. The lowest BCUT2D eigenvalue weighted by Gasteiger charge is -2.19. The van der Waals surface area contributed by atoms with Crippen LogP contribution in [0.15, 0.2) is 36.5 Å². The van der Waals surface area contributed by atoms with Crippen LogP contribution >= 0.6 is 0 Å². The maximum Gasteiger partial charge on any atom is 0.261 e. The third-order valence-electron chi connectivity index (χ3n) is 4.91. The van der Waals surface area contributed by atoms with Crippen molar-refractivity contribution in [2.24, 2.45) is 5.92 Å². The highest BCUT2D eigenvalue weighted by Gasteiger charge is 2.19. The summed E-state index contributed by atoms with van der Waals surface area (Å²) in [6.45, 7) is 0. The molecular weight excluding hydrogens is 328 g/mol. The molecule has 0 unspecified atom stereocenters. The Kier molecular flexibility index (Phi) is 4.77. The summed E-state index contributed by atoms with van der Waals surface area (Å²) in [6.07, 6.45) is 8.84. The molecule has 26 heavy (non-hydrogen) atoms. The Balaban J connectivity index is 1.44. The van der Waals surface area contributed by atoms with E-state index in [1.165, 1.54) is 38.3 Å². The number of carbonyl (C=O) groups is 1. The lowest BCUT2D eigenvalue weighted by Crippen LogP contribution is -2.13. The SMILES string of the molecule is O=C(Nc1n[nH]c(CC2CCCCC2)n1)c1cn[nH]c1-c1ccccc1. The van der Waals surface area contributed by atoms with Crippen molar-refractivity contribution in [3.8, 4) is 11.3 Å². The van der Waals surface area contributed by atoms with Gasteiger partial charge in [0.15, 0.2) is 0 Å². The Morgan fingerprint density at radius 3 is 2.73 bits per heavy atom. The fourth-order valence-electron chi connectivity index (χ4n) is 3.56. The van der Waals surface area contributed by atoms with E-state index in [0.717, 1.165) is 17.8 Å². The van der Waals surface area contributed by atoms with Crippen molar-refractivity contribution in [1.82, 2.24) is 25.4 Å². The average molecular weight is 350 g/mol. The van der Waals surface area contributed by atoms with Crippen molar-refractivity contribution in [2.75, 3.05) is 5.32 Å². The summed E-state index contributed by atoms with van der Waals surface area (Å²) >= 11 is 0. The van der Waals surface area contributed by atoms with Crippen LogP contribution in [-0.2, 0) is 6.42 Å². The Bertz CT molecular complexity index is 863. The summed E-state index contributed by atoms with van der Waals surface area (Å²) in [5, 5.41) is 16.7. The zero-order chi connectivity index (χ0) is 17.8. The highest BCUT2D eigenvalue weighted by molar-refractivity contribution is 6.07. The van der Waals surface area contributed by atoms with Crippen LogP contribution in [0.3, 0.4) is 0 Å². The third-order valence-corrected chi connectivity index (χ3v) is 4.91. The first-order chi connectivity index (χ1) is 12.8. The van der Waals surface area contributed by atoms with Gasteiger partial charge < -0.3 is 0 Å². The van der Waals surface area contributed by atoms with Crippen molar-refractivity contribution in [1.29, 1.82) is 0 Å². The topological polar surface area (TPSA) is 99.3 Å². The zero-order valence-electron chi connectivity index (χ0n) is 14.5. The molecule has 134 valence electrons. The van der Waals surface area contributed by atoms with Crippen molar-refractivity contribution in [3.63, 3.8) is 0 Å². The maximum atomic E-state index is 12.6.